The van der Waals surface area contributed by atoms with Crippen LogP contribution in [0.15, 0.2) is 52.9 Å². The summed E-state index contributed by atoms with van der Waals surface area (Å²) in [6.07, 6.45) is -3.82. The number of furan rings is 1. The van der Waals surface area contributed by atoms with Crippen molar-refractivity contribution in [2.24, 2.45) is 0 Å². The number of benzene rings is 2. The normalized spacial score (nSPS) is 11.6. The van der Waals surface area contributed by atoms with Crippen LogP contribution in [0.25, 0.3) is 22.1 Å². The Morgan fingerprint density at radius 1 is 1.04 bits per heavy atom. The molecule has 4 aromatic rings. The number of hydrogen-bond donors (Lipinski definition) is 1. The first kappa shape index (κ1) is 19.0. The van der Waals surface area contributed by atoms with Crippen molar-refractivity contribution in [3.63, 3.8) is 0 Å². The average Bonchev–Trinajstić information content (AvgIpc) is 3.00. The highest BCUT2D eigenvalue weighted by atomic mass is 35.5. The molecule has 4 rings (SSSR count). The number of nitrogens with zero attached hydrogens (tertiary/aromatic N) is 2. The third-order valence-corrected chi connectivity index (χ3v) is 4.03. The zero-order valence-electron chi connectivity index (χ0n) is 14.2. The molecule has 0 bridgehead atoms. The largest absolute Gasteiger partial charge is 0.450 e. The van der Waals surface area contributed by atoms with Crippen molar-refractivity contribution < 1.29 is 17.6 Å². The van der Waals surface area contributed by atoms with Gasteiger partial charge in [-0.05, 0) is 30.3 Å². The number of hydrogen-bond acceptors (Lipinski definition) is 4. The van der Waals surface area contributed by atoms with E-state index >= 15 is 0 Å². The van der Waals surface area contributed by atoms with E-state index in [9.17, 15) is 13.2 Å². The zero-order valence-corrected chi connectivity index (χ0v) is 15.0. The molecule has 4 nitrogen and oxygen atoms in total. The average molecular weight is 394 g/mol. The number of anilines is 2. The molecule has 8 heteroatoms. The summed E-state index contributed by atoms with van der Waals surface area (Å²) < 4.78 is 44.7. The molecule has 1 N–H and O–H groups in total. The molecule has 0 aliphatic carbocycles. The van der Waals surface area contributed by atoms with Gasteiger partial charge in [-0.2, -0.15) is 13.2 Å². The maximum Gasteiger partial charge on any atom is 0.416 e. The first-order chi connectivity index (χ1) is 12.5. The molecule has 0 aliphatic rings. The fourth-order valence-corrected chi connectivity index (χ4v) is 2.79. The van der Waals surface area contributed by atoms with Gasteiger partial charge in [0.05, 0.1) is 5.56 Å². The van der Waals surface area contributed by atoms with E-state index in [-0.39, 0.29) is 18.1 Å². The summed E-state index contributed by atoms with van der Waals surface area (Å²) in [5.74, 6) is 0.931. The van der Waals surface area contributed by atoms with Crippen LogP contribution in [0.3, 0.4) is 0 Å². The van der Waals surface area contributed by atoms with Crippen LogP contribution in [-0.4, -0.2) is 9.97 Å². The van der Waals surface area contributed by atoms with Crippen molar-refractivity contribution in [1.82, 2.24) is 9.97 Å². The quantitative estimate of drug-likeness (QED) is 0.455. The maximum absolute atomic E-state index is 12.9. The van der Waals surface area contributed by atoms with Crippen LogP contribution in [0.2, 0.25) is 0 Å². The first-order valence-corrected chi connectivity index (χ1v) is 8.08. The van der Waals surface area contributed by atoms with Crippen LogP contribution < -0.4 is 5.32 Å². The Morgan fingerprint density at radius 2 is 1.81 bits per heavy atom. The molecule has 0 fully saturated rings. The number of aromatic nitrogens is 2. The van der Waals surface area contributed by atoms with E-state index in [1.807, 2.05) is 31.2 Å². The summed E-state index contributed by atoms with van der Waals surface area (Å²) in [5, 5.41) is 3.79. The zero-order chi connectivity index (χ0) is 18.3. The second kappa shape index (κ2) is 7.08. The number of fused-ring (bicyclic) bond motifs is 3. The lowest BCUT2D eigenvalue weighted by Crippen LogP contribution is -2.06. The summed E-state index contributed by atoms with van der Waals surface area (Å²) in [7, 11) is 0. The summed E-state index contributed by atoms with van der Waals surface area (Å²) >= 11 is 0. The lowest BCUT2D eigenvalue weighted by molar-refractivity contribution is -0.137. The molecule has 140 valence electrons. The number of alkyl halides is 3. The van der Waals surface area contributed by atoms with Gasteiger partial charge in [0.1, 0.15) is 16.9 Å². The summed E-state index contributed by atoms with van der Waals surface area (Å²) in [6.45, 7) is 1.91. The van der Waals surface area contributed by atoms with Gasteiger partial charge in [-0.3, -0.25) is 0 Å². The van der Waals surface area contributed by atoms with Crippen molar-refractivity contribution in [1.29, 1.82) is 0 Å². The number of aryl methyl sites for hydroxylation is 1. The van der Waals surface area contributed by atoms with E-state index in [0.29, 0.717) is 34.7 Å². The van der Waals surface area contributed by atoms with E-state index in [0.717, 1.165) is 17.5 Å². The maximum atomic E-state index is 12.9. The molecule has 0 amide bonds. The summed E-state index contributed by atoms with van der Waals surface area (Å²) in [6, 6.07) is 12.4. The van der Waals surface area contributed by atoms with Crippen LogP contribution in [0.4, 0.5) is 24.7 Å². The minimum atomic E-state index is -4.41. The Kier molecular flexibility index (Phi) is 4.97. The molecule has 0 aliphatic heterocycles. The number of para-hydroxylation sites is 1. The van der Waals surface area contributed by atoms with Gasteiger partial charge in [0.25, 0.3) is 0 Å². The second-order valence-corrected chi connectivity index (χ2v) is 5.82. The molecular weight excluding hydrogens is 379 g/mol. The van der Waals surface area contributed by atoms with Crippen molar-refractivity contribution in [3.8, 4) is 0 Å². The van der Waals surface area contributed by atoms with Crippen molar-refractivity contribution in [2.75, 3.05) is 5.32 Å². The van der Waals surface area contributed by atoms with Crippen molar-refractivity contribution in [2.45, 2.75) is 19.5 Å². The van der Waals surface area contributed by atoms with Gasteiger partial charge in [0.15, 0.2) is 11.4 Å². The fourth-order valence-electron chi connectivity index (χ4n) is 2.79. The highest BCUT2D eigenvalue weighted by Gasteiger charge is 2.30. The number of rotatable bonds is 3. The highest BCUT2D eigenvalue weighted by Crippen LogP contribution is 2.34. The highest BCUT2D eigenvalue weighted by molar-refractivity contribution is 6.06. The molecule has 27 heavy (non-hydrogen) atoms. The predicted octanol–water partition coefficient (Wildman–Crippen LogP) is 6.12. The first-order valence-electron chi connectivity index (χ1n) is 8.08. The Hall–Kier alpha value is -2.80. The molecule has 0 saturated carbocycles. The Morgan fingerprint density at radius 3 is 2.56 bits per heavy atom. The van der Waals surface area contributed by atoms with Gasteiger partial charge in [-0.1, -0.05) is 25.1 Å². The van der Waals surface area contributed by atoms with E-state index in [1.165, 1.54) is 6.07 Å². The van der Waals surface area contributed by atoms with Crippen molar-refractivity contribution in [3.05, 3.63) is 59.9 Å². The van der Waals surface area contributed by atoms with Crippen LogP contribution in [0.1, 0.15) is 18.3 Å². The number of halogens is 4. The van der Waals surface area contributed by atoms with Crippen LogP contribution in [0.5, 0.6) is 0 Å². The lowest BCUT2D eigenvalue weighted by Gasteiger charge is -2.11. The van der Waals surface area contributed by atoms with E-state index in [2.05, 4.69) is 15.3 Å². The van der Waals surface area contributed by atoms with Gasteiger partial charge in [0.2, 0.25) is 0 Å². The van der Waals surface area contributed by atoms with Gasteiger partial charge in [-0.25, -0.2) is 9.97 Å². The monoisotopic (exact) mass is 393 g/mol. The van der Waals surface area contributed by atoms with Gasteiger partial charge in [-0.15, -0.1) is 12.4 Å². The molecule has 0 saturated heterocycles. The molecule has 2 aromatic heterocycles. The standard InChI is InChI=1S/C19H14F3N3O.ClH/c1-2-15-24-16-13-8-3-4-9-14(13)26-17(16)18(25-15)23-12-7-5-6-11(10-12)19(20,21)22;/h3-10H,2H2,1H3,(H,23,24,25);1H. The minimum absolute atomic E-state index is 0. The molecule has 2 heterocycles. The SMILES string of the molecule is CCc1nc(Nc2cccc(C(F)(F)F)c2)c2oc3ccccc3c2n1.Cl. The molecule has 0 radical (unpaired) electrons. The van der Waals surface area contributed by atoms with Gasteiger partial charge >= 0.3 is 6.18 Å². The molecule has 0 atom stereocenters. The van der Waals surface area contributed by atoms with Crippen LogP contribution >= 0.6 is 12.4 Å². The Bertz CT molecular complexity index is 1110. The molecule has 0 spiro atoms. The Labute approximate surface area is 158 Å². The minimum Gasteiger partial charge on any atom is -0.450 e. The third-order valence-electron chi connectivity index (χ3n) is 4.03. The third kappa shape index (κ3) is 3.55. The van der Waals surface area contributed by atoms with Crippen molar-refractivity contribution >= 4 is 46.0 Å². The Balaban J connectivity index is 0.00000210. The summed E-state index contributed by atoms with van der Waals surface area (Å²) in [4.78, 5) is 8.92. The molecular formula is C19H15ClF3N3O. The van der Waals surface area contributed by atoms with Crippen LogP contribution in [-0.2, 0) is 12.6 Å². The van der Waals surface area contributed by atoms with E-state index in [4.69, 9.17) is 4.42 Å². The number of nitrogens with one attached hydrogen (secondary N) is 1. The lowest BCUT2D eigenvalue weighted by atomic mass is 10.2. The topological polar surface area (TPSA) is 51.0 Å². The van der Waals surface area contributed by atoms with Gasteiger partial charge in [0, 0.05) is 17.5 Å². The predicted molar refractivity (Wildman–Crippen MR) is 101 cm³/mol. The van der Waals surface area contributed by atoms with E-state index < -0.39 is 11.7 Å². The van der Waals surface area contributed by atoms with Crippen LogP contribution in [0, 0.1) is 0 Å². The molecule has 0 unspecified atom stereocenters. The molecule has 2 aromatic carbocycles. The fraction of sp³-hybridized carbons (Fsp3) is 0.158. The van der Waals surface area contributed by atoms with Gasteiger partial charge < -0.3 is 9.73 Å². The summed E-state index contributed by atoms with van der Waals surface area (Å²) in [5.41, 5.74) is 1.26. The van der Waals surface area contributed by atoms with E-state index in [1.54, 1.807) is 6.07 Å². The second-order valence-electron chi connectivity index (χ2n) is 5.82. The smallest absolute Gasteiger partial charge is 0.416 e.